The highest BCUT2D eigenvalue weighted by Crippen LogP contribution is 2.28. The molecular weight excluding hydrogens is 352 g/mol. The molecule has 0 radical (unpaired) electrons. The highest BCUT2D eigenvalue weighted by molar-refractivity contribution is 7.92. The summed E-state index contributed by atoms with van der Waals surface area (Å²) in [5, 5.41) is 0. The molecule has 0 spiro atoms. The van der Waals surface area contributed by atoms with Gasteiger partial charge in [-0.05, 0) is 48.7 Å². The summed E-state index contributed by atoms with van der Waals surface area (Å²) in [4.78, 5) is 13.5. The highest BCUT2D eigenvalue weighted by atomic mass is 32.2. The van der Waals surface area contributed by atoms with Gasteiger partial charge in [-0.3, -0.25) is 9.52 Å². The van der Waals surface area contributed by atoms with Gasteiger partial charge in [-0.25, -0.2) is 8.42 Å². The van der Waals surface area contributed by atoms with Crippen LogP contribution in [0.3, 0.4) is 0 Å². The summed E-state index contributed by atoms with van der Waals surface area (Å²) in [6.45, 7) is 4.91. The van der Waals surface area contributed by atoms with Crippen LogP contribution in [0.1, 0.15) is 25.0 Å². The number of nitrogens with zero attached hydrogens (tertiary/aromatic N) is 1. The number of rotatable bonds is 5. The van der Waals surface area contributed by atoms with Crippen LogP contribution >= 0.6 is 0 Å². The molecule has 0 atom stereocenters. The molecule has 0 fully saturated rings. The zero-order chi connectivity index (χ0) is 18.7. The topological polar surface area (TPSA) is 75.7 Å². The average Bonchev–Trinajstić information content (AvgIpc) is 2.62. The number of anilines is 1. The van der Waals surface area contributed by atoms with Crippen molar-refractivity contribution in [2.45, 2.75) is 31.7 Å². The summed E-state index contributed by atoms with van der Waals surface area (Å²) in [6, 6.07) is 12.0. The molecule has 3 rings (SSSR count). The molecule has 0 unspecified atom stereocenters. The normalized spacial score (nSPS) is 13.8. The average molecular weight is 374 g/mol. The van der Waals surface area contributed by atoms with Gasteiger partial charge in [0.25, 0.3) is 10.0 Å². The van der Waals surface area contributed by atoms with Crippen LogP contribution in [-0.2, 0) is 27.8 Å². The van der Waals surface area contributed by atoms with E-state index in [1.807, 2.05) is 13.0 Å². The number of para-hydroxylation sites is 2. The van der Waals surface area contributed by atoms with E-state index >= 15 is 0 Å². The molecule has 1 aliphatic rings. The second-order valence-electron chi connectivity index (χ2n) is 6.16. The van der Waals surface area contributed by atoms with E-state index in [1.165, 1.54) is 6.92 Å². The molecule has 1 aliphatic heterocycles. The van der Waals surface area contributed by atoms with E-state index in [0.717, 1.165) is 17.5 Å². The third kappa shape index (κ3) is 3.83. The van der Waals surface area contributed by atoms with E-state index < -0.39 is 10.0 Å². The molecular formula is C19H22N2O4S. The molecule has 0 saturated carbocycles. The molecule has 0 aliphatic carbocycles. The standard InChI is InChI=1S/C19H22N2O4S/c1-3-25-19-7-5-4-6-18(19)20-26(23,24)17-9-8-15-10-11-21(14(2)22)13-16(15)12-17/h4-9,12,20H,3,10-11,13H2,1-2H3. The Kier molecular flexibility index (Phi) is 5.18. The number of amides is 1. The molecule has 7 heteroatoms. The van der Waals surface area contributed by atoms with Crippen LogP contribution < -0.4 is 9.46 Å². The number of ether oxygens (including phenoxy) is 1. The SMILES string of the molecule is CCOc1ccccc1NS(=O)(=O)c1ccc2c(c1)CN(C(C)=O)CC2. The molecule has 138 valence electrons. The number of nitrogens with one attached hydrogen (secondary N) is 1. The van der Waals surface area contributed by atoms with Crippen LogP contribution in [0.4, 0.5) is 5.69 Å². The lowest BCUT2D eigenvalue weighted by molar-refractivity contribution is -0.129. The largest absolute Gasteiger partial charge is 0.492 e. The van der Waals surface area contributed by atoms with Gasteiger partial charge in [-0.2, -0.15) is 0 Å². The first kappa shape index (κ1) is 18.3. The van der Waals surface area contributed by atoms with Crippen molar-refractivity contribution in [2.75, 3.05) is 17.9 Å². The van der Waals surface area contributed by atoms with E-state index in [1.54, 1.807) is 41.3 Å². The second kappa shape index (κ2) is 7.37. The molecule has 26 heavy (non-hydrogen) atoms. The molecule has 0 aromatic heterocycles. The molecule has 6 nitrogen and oxygen atoms in total. The number of carbonyl (C=O) groups excluding carboxylic acids is 1. The monoisotopic (exact) mass is 374 g/mol. The zero-order valence-electron chi connectivity index (χ0n) is 14.9. The fourth-order valence-electron chi connectivity index (χ4n) is 3.01. The van der Waals surface area contributed by atoms with Crippen molar-refractivity contribution in [2.24, 2.45) is 0 Å². The Morgan fingerprint density at radius 1 is 1.19 bits per heavy atom. The van der Waals surface area contributed by atoms with E-state index in [-0.39, 0.29) is 10.8 Å². The van der Waals surface area contributed by atoms with Crippen molar-refractivity contribution in [3.63, 3.8) is 0 Å². The lowest BCUT2D eigenvalue weighted by Gasteiger charge is -2.28. The molecule has 2 aromatic rings. The lowest BCUT2D eigenvalue weighted by atomic mass is 10.00. The third-order valence-electron chi connectivity index (χ3n) is 4.38. The Balaban J connectivity index is 1.89. The summed E-state index contributed by atoms with van der Waals surface area (Å²) in [5.41, 5.74) is 2.35. The van der Waals surface area contributed by atoms with E-state index in [2.05, 4.69) is 4.72 Å². The Hall–Kier alpha value is -2.54. The van der Waals surface area contributed by atoms with Gasteiger partial charge in [0.2, 0.25) is 5.91 Å². The fraction of sp³-hybridized carbons (Fsp3) is 0.316. The van der Waals surface area contributed by atoms with Gasteiger partial charge in [-0.1, -0.05) is 18.2 Å². The number of hydrogen-bond donors (Lipinski definition) is 1. The smallest absolute Gasteiger partial charge is 0.262 e. The molecule has 0 bridgehead atoms. The Labute approximate surface area is 153 Å². The number of hydrogen-bond acceptors (Lipinski definition) is 4. The van der Waals surface area contributed by atoms with E-state index in [0.29, 0.717) is 31.1 Å². The van der Waals surface area contributed by atoms with Crippen LogP contribution in [-0.4, -0.2) is 32.4 Å². The Morgan fingerprint density at radius 3 is 2.69 bits per heavy atom. The van der Waals surface area contributed by atoms with Gasteiger partial charge < -0.3 is 9.64 Å². The van der Waals surface area contributed by atoms with Gasteiger partial charge in [0.15, 0.2) is 0 Å². The second-order valence-corrected chi connectivity index (χ2v) is 7.84. The van der Waals surface area contributed by atoms with Crippen molar-refractivity contribution in [1.29, 1.82) is 0 Å². The maximum Gasteiger partial charge on any atom is 0.262 e. The number of carbonyl (C=O) groups is 1. The minimum absolute atomic E-state index is 0.00678. The fourth-order valence-corrected chi connectivity index (χ4v) is 4.13. The zero-order valence-corrected chi connectivity index (χ0v) is 15.7. The highest BCUT2D eigenvalue weighted by Gasteiger charge is 2.22. The van der Waals surface area contributed by atoms with Crippen molar-refractivity contribution < 1.29 is 17.9 Å². The maximum atomic E-state index is 12.8. The Morgan fingerprint density at radius 2 is 1.96 bits per heavy atom. The molecule has 0 saturated heterocycles. The minimum atomic E-state index is -3.76. The molecule has 2 aromatic carbocycles. The van der Waals surface area contributed by atoms with E-state index in [9.17, 15) is 13.2 Å². The van der Waals surface area contributed by atoms with Crippen LogP contribution in [0.15, 0.2) is 47.4 Å². The van der Waals surface area contributed by atoms with Crippen LogP contribution in [0, 0.1) is 0 Å². The van der Waals surface area contributed by atoms with Gasteiger partial charge >= 0.3 is 0 Å². The van der Waals surface area contributed by atoms with Crippen molar-refractivity contribution in [3.8, 4) is 5.75 Å². The van der Waals surface area contributed by atoms with Gasteiger partial charge in [0, 0.05) is 20.0 Å². The number of fused-ring (bicyclic) bond motifs is 1. The summed E-state index contributed by atoms with van der Waals surface area (Å²) in [5.74, 6) is 0.479. The summed E-state index contributed by atoms with van der Waals surface area (Å²) >= 11 is 0. The van der Waals surface area contributed by atoms with Crippen LogP contribution in [0.2, 0.25) is 0 Å². The van der Waals surface area contributed by atoms with Crippen molar-refractivity contribution in [3.05, 3.63) is 53.6 Å². The number of sulfonamides is 1. The summed E-state index contributed by atoms with van der Waals surface area (Å²) < 4.78 is 33.7. The quantitative estimate of drug-likeness (QED) is 0.873. The first-order chi connectivity index (χ1) is 12.4. The predicted molar refractivity (Wildman–Crippen MR) is 99.7 cm³/mol. The maximum absolute atomic E-state index is 12.8. The predicted octanol–water partition coefficient (Wildman–Crippen LogP) is 2.79. The molecule has 1 N–H and O–H groups in total. The van der Waals surface area contributed by atoms with Crippen molar-refractivity contribution in [1.82, 2.24) is 4.90 Å². The molecule has 1 heterocycles. The summed E-state index contributed by atoms with van der Waals surface area (Å²) in [7, 11) is -3.76. The van der Waals surface area contributed by atoms with Crippen LogP contribution in [0.5, 0.6) is 5.75 Å². The first-order valence-corrected chi connectivity index (χ1v) is 10.0. The number of benzene rings is 2. The van der Waals surface area contributed by atoms with Crippen molar-refractivity contribution >= 4 is 21.6 Å². The van der Waals surface area contributed by atoms with Gasteiger partial charge in [0.05, 0.1) is 17.2 Å². The van der Waals surface area contributed by atoms with E-state index in [4.69, 9.17) is 4.74 Å². The minimum Gasteiger partial charge on any atom is -0.492 e. The third-order valence-corrected chi connectivity index (χ3v) is 5.74. The molecule has 1 amide bonds. The lowest BCUT2D eigenvalue weighted by Crippen LogP contribution is -2.34. The van der Waals surface area contributed by atoms with Gasteiger partial charge in [0.1, 0.15) is 5.75 Å². The Bertz CT molecular complexity index is 925. The summed E-state index contributed by atoms with van der Waals surface area (Å²) in [6.07, 6.45) is 0.732. The van der Waals surface area contributed by atoms with Gasteiger partial charge in [-0.15, -0.1) is 0 Å². The van der Waals surface area contributed by atoms with Crippen LogP contribution in [0.25, 0.3) is 0 Å². The first-order valence-electron chi connectivity index (χ1n) is 8.52.